The highest BCUT2D eigenvalue weighted by molar-refractivity contribution is 6.19. The summed E-state index contributed by atoms with van der Waals surface area (Å²) in [7, 11) is 0. The van der Waals surface area contributed by atoms with Gasteiger partial charge in [0.1, 0.15) is 11.2 Å². The molecule has 2 aromatic heterocycles. The predicted octanol–water partition coefficient (Wildman–Crippen LogP) is 16.3. The Hall–Kier alpha value is -8.14. The quantitative estimate of drug-likeness (QED) is 0.161. The van der Waals surface area contributed by atoms with Crippen LogP contribution in [0.4, 0.5) is 17.1 Å². The molecule has 0 spiro atoms. The third kappa shape index (κ3) is 5.98. The molecule has 0 saturated heterocycles. The van der Waals surface area contributed by atoms with Crippen LogP contribution in [0, 0.1) is 0 Å². The van der Waals surface area contributed by atoms with Crippen LogP contribution in [0.3, 0.4) is 0 Å². The standard InChI is InChI=1S/C58H38N2O/c1-2-10-39(11-3-1)42-22-29-46(30-23-42)59(49-35-36-53-57(38-49)61-56-37-28-45-12-4-5-13-50(45)58(53)56)47-31-24-43(25-32-47)40-18-20-41(21-19-40)44-26-33-48(34-27-44)60-54-16-8-6-14-51(54)52-15-7-9-17-55(52)60/h1-38H. The Morgan fingerprint density at radius 3 is 1.36 bits per heavy atom. The van der Waals surface area contributed by atoms with Crippen LogP contribution in [-0.2, 0) is 0 Å². The Morgan fingerprint density at radius 1 is 0.311 bits per heavy atom. The van der Waals surface area contributed by atoms with Crippen molar-refractivity contribution in [2.24, 2.45) is 0 Å². The normalized spacial score (nSPS) is 11.6. The summed E-state index contributed by atoms with van der Waals surface area (Å²) in [4.78, 5) is 2.31. The molecule has 0 aliphatic heterocycles. The van der Waals surface area contributed by atoms with Crippen molar-refractivity contribution in [2.75, 3.05) is 4.90 Å². The molecular weight excluding hydrogens is 741 g/mol. The molecule has 0 atom stereocenters. The summed E-state index contributed by atoms with van der Waals surface area (Å²) in [5.41, 5.74) is 15.6. The molecule has 286 valence electrons. The van der Waals surface area contributed by atoms with E-state index < -0.39 is 0 Å². The van der Waals surface area contributed by atoms with E-state index in [2.05, 4.69) is 240 Å². The number of furan rings is 1. The molecule has 0 N–H and O–H groups in total. The van der Waals surface area contributed by atoms with E-state index in [0.717, 1.165) is 50.3 Å². The van der Waals surface area contributed by atoms with Gasteiger partial charge in [-0.15, -0.1) is 0 Å². The molecule has 0 bridgehead atoms. The summed E-state index contributed by atoms with van der Waals surface area (Å²) in [6.45, 7) is 0. The van der Waals surface area contributed by atoms with Gasteiger partial charge in [-0.25, -0.2) is 0 Å². The lowest BCUT2D eigenvalue weighted by Crippen LogP contribution is -2.09. The molecular formula is C58H38N2O. The molecule has 0 radical (unpaired) electrons. The van der Waals surface area contributed by atoms with Gasteiger partial charge in [0, 0.05) is 50.4 Å². The summed E-state index contributed by atoms with van der Waals surface area (Å²) in [6, 6.07) is 82.7. The average molecular weight is 779 g/mol. The molecule has 12 rings (SSSR count). The van der Waals surface area contributed by atoms with Crippen LogP contribution in [0.15, 0.2) is 235 Å². The van der Waals surface area contributed by atoms with Gasteiger partial charge < -0.3 is 13.9 Å². The summed E-state index contributed by atoms with van der Waals surface area (Å²) >= 11 is 0. The van der Waals surface area contributed by atoms with Gasteiger partial charge in [0.15, 0.2) is 0 Å². The van der Waals surface area contributed by atoms with Gasteiger partial charge >= 0.3 is 0 Å². The van der Waals surface area contributed by atoms with Crippen molar-refractivity contribution in [1.29, 1.82) is 0 Å². The molecule has 0 aliphatic carbocycles. The van der Waals surface area contributed by atoms with Crippen molar-refractivity contribution in [2.45, 2.75) is 0 Å². The highest BCUT2D eigenvalue weighted by Gasteiger charge is 2.18. The third-order valence-electron chi connectivity index (χ3n) is 12.2. The number of fused-ring (bicyclic) bond motifs is 8. The minimum Gasteiger partial charge on any atom is -0.456 e. The Kier molecular flexibility index (Phi) is 8.17. The Balaban J connectivity index is 0.866. The van der Waals surface area contributed by atoms with Gasteiger partial charge in [0.05, 0.1) is 11.0 Å². The summed E-state index contributed by atoms with van der Waals surface area (Å²) in [5, 5.41) is 7.24. The lowest BCUT2D eigenvalue weighted by atomic mass is 9.99. The summed E-state index contributed by atoms with van der Waals surface area (Å²) < 4.78 is 8.91. The zero-order chi connectivity index (χ0) is 40.3. The highest BCUT2D eigenvalue weighted by atomic mass is 16.3. The molecule has 12 aromatic rings. The molecule has 3 nitrogen and oxygen atoms in total. The molecule has 2 heterocycles. The van der Waals surface area contributed by atoms with Crippen LogP contribution in [0.1, 0.15) is 0 Å². The molecule has 3 heteroatoms. The number of nitrogens with zero attached hydrogens (tertiary/aromatic N) is 2. The van der Waals surface area contributed by atoms with Gasteiger partial charge in [0.25, 0.3) is 0 Å². The van der Waals surface area contributed by atoms with Crippen molar-refractivity contribution in [3.05, 3.63) is 231 Å². The van der Waals surface area contributed by atoms with Crippen LogP contribution >= 0.6 is 0 Å². The van der Waals surface area contributed by atoms with E-state index in [1.807, 2.05) is 0 Å². The topological polar surface area (TPSA) is 21.3 Å². The molecule has 10 aromatic carbocycles. The van der Waals surface area contributed by atoms with E-state index in [1.165, 1.54) is 60.4 Å². The van der Waals surface area contributed by atoms with E-state index in [1.54, 1.807) is 0 Å². The van der Waals surface area contributed by atoms with E-state index in [9.17, 15) is 0 Å². The van der Waals surface area contributed by atoms with Crippen LogP contribution in [-0.4, -0.2) is 4.57 Å². The van der Waals surface area contributed by atoms with E-state index in [-0.39, 0.29) is 0 Å². The van der Waals surface area contributed by atoms with Gasteiger partial charge in [0.2, 0.25) is 0 Å². The number of anilines is 3. The fourth-order valence-corrected chi connectivity index (χ4v) is 9.22. The lowest BCUT2D eigenvalue weighted by Gasteiger charge is -2.26. The summed E-state index contributed by atoms with van der Waals surface area (Å²) in [6.07, 6.45) is 0. The fraction of sp³-hybridized carbons (Fsp3) is 0. The van der Waals surface area contributed by atoms with Gasteiger partial charge in [-0.1, -0.05) is 158 Å². The number of rotatable bonds is 7. The van der Waals surface area contributed by atoms with Crippen LogP contribution in [0.5, 0.6) is 0 Å². The number of hydrogen-bond donors (Lipinski definition) is 0. The first-order valence-electron chi connectivity index (χ1n) is 20.8. The van der Waals surface area contributed by atoms with Crippen molar-refractivity contribution in [3.63, 3.8) is 0 Å². The van der Waals surface area contributed by atoms with Gasteiger partial charge in [-0.3, -0.25) is 0 Å². The third-order valence-corrected chi connectivity index (χ3v) is 12.2. The second-order valence-electron chi connectivity index (χ2n) is 15.7. The number of benzene rings is 10. The van der Waals surface area contributed by atoms with Crippen molar-refractivity contribution in [1.82, 2.24) is 4.57 Å². The van der Waals surface area contributed by atoms with Crippen molar-refractivity contribution in [3.8, 4) is 39.1 Å². The maximum atomic E-state index is 6.54. The molecule has 61 heavy (non-hydrogen) atoms. The SMILES string of the molecule is c1ccc(-c2ccc(N(c3ccc(-c4ccc(-c5ccc(-n6c7ccccc7c7ccccc76)cc5)cc4)cc3)c3ccc4c(c3)oc3ccc5ccccc5c34)cc2)cc1. The van der Waals surface area contributed by atoms with Crippen LogP contribution in [0.25, 0.3) is 93.6 Å². The first kappa shape index (κ1) is 34.9. The predicted molar refractivity (Wildman–Crippen MR) is 257 cm³/mol. The highest BCUT2D eigenvalue weighted by Crippen LogP contribution is 2.41. The number of para-hydroxylation sites is 2. The molecule has 0 aliphatic rings. The Bertz CT molecular complexity index is 3490. The molecule has 0 unspecified atom stereocenters. The zero-order valence-corrected chi connectivity index (χ0v) is 33.2. The first-order valence-corrected chi connectivity index (χ1v) is 20.8. The zero-order valence-electron chi connectivity index (χ0n) is 33.2. The smallest absolute Gasteiger partial charge is 0.137 e. The van der Waals surface area contributed by atoms with E-state index in [0.29, 0.717) is 0 Å². The summed E-state index contributed by atoms with van der Waals surface area (Å²) in [5.74, 6) is 0. The minimum atomic E-state index is 0.868. The number of aromatic nitrogens is 1. The molecule has 0 fully saturated rings. The lowest BCUT2D eigenvalue weighted by molar-refractivity contribution is 0.669. The molecule has 0 saturated carbocycles. The van der Waals surface area contributed by atoms with Gasteiger partial charge in [-0.2, -0.15) is 0 Å². The van der Waals surface area contributed by atoms with Crippen molar-refractivity contribution < 1.29 is 4.42 Å². The molecule has 0 amide bonds. The Labute approximate surface area is 353 Å². The average Bonchev–Trinajstić information content (AvgIpc) is 3.88. The maximum absolute atomic E-state index is 6.54. The minimum absolute atomic E-state index is 0.868. The second-order valence-corrected chi connectivity index (χ2v) is 15.7. The maximum Gasteiger partial charge on any atom is 0.137 e. The monoisotopic (exact) mass is 778 g/mol. The number of hydrogen-bond acceptors (Lipinski definition) is 2. The van der Waals surface area contributed by atoms with Gasteiger partial charge in [-0.05, 0) is 111 Å². The largest absolute Gasteiger partial charge is 0.456 e. The first-order chi connectivity index (χ1) is 30.2. The Morgan fingerprint density at radius 2 is 0.770 bits per heavy atom. The van der Waals surface area contributed by atoms with E-state index >= 15 is 0 Å². The van der Waals surface area contributed by atoms with E-state index in [4.69, 9.17) is 4.42 Å². The fourth-order valence-electron chi connectivity index (χ4n) is 9.22. The van der Waals surface area contributed by atoms with Crippen molar-refractivity contribution >= 4 is 71.6 Å². The van der Waals surface area contributed by atoms with Crippen LogP contribution in [0.2, 0.25) is 0 Å². The second kappa shape index (κ2) is 14.3. The van der Waals surface area contributed by atoms with Crippen LogP contribution < -0.4 is 4.90 Å².